The van der Waals surface area contributed by atoms with E-state index < -0.39 is 5.97 Å². The maximum Gasteiger partial charge on any atom is 0.335 e. The van der Waals surface area contributed by atoms with Crippen LogP contribution in [0.3, 0.4) is 0 Å². The van der Waals surface area contributed by atoms with Crippen molar-refractivity contribution in [3.63, 3.8) is 0 Å². The van der Waals surface area contributed by atoms with Gasteiger partial charge in [-0.05, 0) is 17.7 Å². The van der Waals surface area contributed by atoms with E-state index in [2.05, 4.69) is 10.2 Å². The Kier molecular flexibility index (Phi) is 3.69. The third-order valence-corrected chi connectivity index (χ3v) is 2.31. The van der Waals surface area contributed by atoms with Crippen molar-refractivity contribution < 1.29 is 19.1 Å². The van der Waals surface area contributed by atoms with E-state index in [-0.39, 0.29) is 12.2 Å². The lowest BCUT2D eigenvalue weighted by Gasteiger charge is -1.99. The Morgan fingerprint density at radius 1 is 1.39 bits per heavy atom. The first-order valence-corrected chi connectivity index (χ1v) is 5.31. The molecule has 0 aliphatic heterocycles. The van der Waals surface area contributed by atoms with Gasteiger partial charge in [0.2, 0.25) is 11.8 Å². The quantitative estimate of drug-likeness (QED) is 0.863. The van der Waals surface area contributed by atoms with Gasteiger partial charge in [0.1, 0.15) is 6.61 Å². The molecule has 0 saturated carbocycles. The number of carboxylic acids is 1. The molecule has 0 aliphatic carbocycles. The van der Waals surface area contributed by atoms with Gasteiger partial charge in [0.15, 0.2) is 0 Å². The molecule has 1 N–H and O–H groups in total. The van der Waals surface area contributed by atoms with Crippen LogP contribution >= 0.6 is 0 Å². The Morgan fingerprint density at radius 3 is 2.89 bits per heavy atom. The summed E-state index contributed by atoms with van der Waals surface area (Å²) in [5.74, 6) is -0.117. The molecule has 0 fully saturated rings. The van der Waals surface area contributed by atoms with Crippen LogP contribution in [0.2, 0.25) is 0 Å². The number of methoxy groups -OCH3 is 1. The van der Waals surface area contributed by atoms with Gasteiger partial charge in [-0.25, -0.2) is 4.79 Å². The largest absolute Gasteiger partial charge is 0.478 e. The number of carboxylic acid groups (broad SMARTS) is 1. The Labute approximate surface area is 103 Å². The summed E-state index contributed by atoms with van der Waals surface area (Å²) in [5, 5.41) is 16.5. The molecule has 2 rings (SSSR count). The topological polar surface area (TPSA) is 85.5 Å². The summed E-state index contributed by atoms with van der Waals surface area (Å²) in [7, 11) is 1.54. The Hall–Kier alpha value is -2.21. The van der Waals surface area contributed by atoms with Gasteiger partial charge in [0.25, 0.3) is 0 Å². The van der Waals surface area contributed by atoms with Crippen molar-refractivity contribution in [2.24, 2.45) is 0 Å². The van der Waals surface area contributed by atoms with Gasteiger partial charge in [-0.1, -0.05) is 12.1 Å². The minimum atomic E-state index is -0.956. The summed E-state index contributed by atoms with van der Waals surface area (Å²) >= 11 is 0. The van der Waals surface area contributed by atoms with E-state index in [1.807, 2.05) is 6.07 Å². The lowest BCUT2D eigenvalue weighted by molar-refractivity contribution is 0.0696. The molecule has 0 atom stereocenters. The molecule has 1 heterocycles. The van der Waals surface area contributed by atoms with Gasteiger partial charge in [0, 0.05) is 7.11 Å². The van der Waals surface area contributed by atoms with Crippen LogP contribution in [0.4, 0.5) is 0 Å². The van der Waals surface area contributed by atoms with E-state index in [4.69, 9.17) is 14.3 Å². The molecule has 18 heavy (non-hydrogen) atoms. The van der Waals surface area contributed by atoms with E-state index in [0.29, 0.717) is 18.2 Å². The highest BCUT2D eigenvalue weighted by molar-refractivity contribution is 5.87. The molecule has 0 amide bonds. The van der Waals surface area contributed by atoms with Gasteiger partial charge >= 0.3 is 5.97 Å². The number of carbonyl (C=O) groups is 1. The van der Waals surface area contributed by atoms with Crippen LogP contribution in [0.5, 0.6) is 0 Å². The van der Waals surface area contributed by atoms with Crippen molar-refractivity contribution in [3.8, 4) is 0 Å². The molecule has 6 nitrogen and oxygen atoms in total. The van der Waals surface area contributed by atoms with Crippen LogP contribution in [0.1, 0.15) is 27.7 Å². The predicted octanol–water partition coefficient (Wildman–Crippen LogP) is 1.51. The van der Waals surface area contributed by atoms with Gasteiger partial charge < -0.3 is 14.3 Å². The molecule has 0 unspecified atom stereocenters. The Bertz CT molecular complexity index is 551. The molecular weight excluding hydrogens is 236 g/mol. The van der Waals surface area contributed by atoms with E-state index in [9.17, 15) is 4.79 Å². The zero-order valence-electron chi connectivity index (χ0n) is 9.79. The number of benzene rings is 1. The van der Waals surface area contributed by atoms with Gasteiger partial charge in [0.05, 0.1) is 12.0 Å². The van der Waals surface area contributed by atoms with Crippen LogP contribution < -0.4 is 0 Å². The molecule has 0 bridgehead atoms. The molecule has 0 radical (unpaired) electrons. The molecular formula is C12H12N2O4. The number of nitrogens with zero attached hydrogens (tertiary/aromatic N) is 2. The lowest BCUT2D eigenvalue weighted by Crippen LogP contribution is -1.97. The van der Waals surface area contributed by atoms with Crippen molar-refractivity contribution in [3.05, 3.63) is 47.2 Å². The van der Waals surface area contributed by atoms with E-state index in [0.717, 1.165) is 5.56 Å². The second kappa shape index (κ2) is 5.42. The second-order valence-corrected chi connectivity index (χ2v) is 3.70. The summed E-state index contributed by atoms with van der Waals surface area (Å²) in [6.45, 7) is 0.266. The van der Waals surface area contributed by atoms with Gasteiger partial charge in [-0.3, -0.25) is 0 Å². The van der Waals surface area contributed by atoms with Crippen LogP contribution in [0.25, 0.3) is 0 Å². The van der Waals surface area contributed by atoms with Crippen molar-refractivity contribution in [1.82, 2.24) is 10.2 Å². The standard InChI is InChI=1S/C12H12N2O4/c1-17-7-11-14-13-10(18-11)6-8-3-2-4-9(5-8)12(15)16/h2-5H,6-7H2,1H3,(H,15,16). The minimum absolute atomic E-state index is 0.240. The lowest BCUT2D eigenvalue weighted by atomic mass is 10.1. The number of rotatable bonds is 5. The smallest absolute Gasteiger partial charge is 0.335 e. The number of hydrogen-bond acceptors (Lipinski definition) is 5. The number of aromatic carboxylic acids is 1. The van der Waals surface area contributed by atoms with Crippen LogP contribution in [0.15, 0.2) is 28.7 Å². The third kappa shape index (κ3) is 2.92. The van der Waals surface area contributed by atoms with E-state index >= 15 is 0 Å². The zero-order valence-corrected chi connectivity index (χ0v) is 9.79. The monoisotopic (exact) mass is 248 g/mol. The fraction of sp³-hybridized carbons (Fsp3) is 0.250. The average Bonchev–Trinajstić information content (AvgIpc) is 2.77. The van der Waals surface area contributed by atoms with Crippen molar-refractivity contribution in [1.29, 1.82) is 0 Å². The highest BCUT2D eigenvalue weighted by Gasteiger charge is 2.08. The molecule has 2 aromatic rings. The van der Waals surface area contributed by atoms with Crippen LogP contribution in [-0.4, -0.2) is 28.4 Å². The maximum absolute atomic E-state index is 10.8. The highest BCUT2D eigenvalue weighted by Crippen LogP contribution is 2.11. The first kappa shape index (κ1) is 12.3. The first-order valence-electron chi connectivity index (χ1n) is 5.31. The van der Waals surface area contributed by atoms with Crippen molar-refractivity contribution in [2.75, 3.05) is 7.11 Å². The molecule has 1 aromatic carbocycles. The number of aromatic nitrogens is 2. The molecule has 1 aromatic heterocycles. The summed E-state index contributed by atoms with van der Waals surface area (Å²) in [5.41, 5.74) is 1.05. The molecule has 0 saturated heterocycles. The second-order valence-electron chi connectivity index (χ2n) is 3.70. The van der Waals surface area contributed by atoms with Crippen LogP contribution in [-0.2, 0) is 17.8 Å². The summed E-state index contributed by atoms with van der Waals surface area (Å²) in [6.07, 6.45) is 0.401. The molecule has 0 aliphatic rings. The predicted molar refractivity (Wildman–Crippen MR) is 61.2 cm³/mol. The third-order valence-electron chi connectivity index (χ3n) is 2.31. The normalized spacial score (nSPS) is 10.5. The van der Waals surface area contributed by atoms with Gasteiger partial charge in [-0.15, -0.1) is 10.2 Å². The molecule has 0 spiro atoms. The Morgan fingerprint density at radius 2 is 2.17 bits per heavy atom. The fourth-order valence-electron chi connectivity index (χ4n) is 1.53. The molecule has 94 valence electrons. The summed E-state index contributed by atoms with van der Waals surface area (Å²) in [4.78, 5) is 10.8. The summed E-state index contributed by atoms with van der Waals surface area (Å²) < 4.78 is 10.2. The average molecular weight is 248 g/mol. The fourth-order valence-corrected chi connectivity index (χ4v) is 1.53. The van der Waals surface area contributed by atoms with E-state index in [1.165, 1.54) is 6.07 Å². The minimum Gasteiger partial charge on any atom is -0.478 e. The Balaban J connectivity index is 2.12. The SMILES string of the molecule is COCc1nnc(Cc2cccc(C(=O)O)c2)o1. The number of hydrogen-bond donors (Lipinski definition) is 1. The van der Waals surface area contributed by atoms with Crippen LogP contribution in [0, 0.1) is 0 Å². The molecule has 6 heteroatoms. The summed E-state index contributed by atoms with van der Waals surface area (Å²) in [6, 6.07) is 6.62. The first-order chi connectivity index (χ1) is 8.69. The zero-order chi connectivity index (χ0) is 13.0. The van der Waals surface area contributed by atoms with Gasteiger partial charge in [-0.2, -0.15) is 0 Å². The van der Waals surface area contributed by atoms with E-state index in [1.54, 1.807) is 19.2 Å². The van der Waals surface area contributed by atoms with Crippen molar-refractivity contribution in [2.45, 2.75) is 13.0 Å². The maximum atomic E-state index is 10.8. The van der Waals surface area contributed by atoms with Crippen molar-refractivity contribution >= 4 is 5.97 Å². The number of ether oxygens (including phenoxy) is 1. The highest BCUT2D eigenvalue weighted by atomic mass is 16.5.